The highest BCUT2D eigenvalue weighted by molar-refractivity contribution is 5.92. The van der Waals surface area contributed by atoms with Crippen molar-refractivity contribution in [2.45, 2.75) is 26.3 Å². The highest BCUT2D eigenvalue weighted by atomic mass is 16.5. The van der Waals surface area contributed by atoms with Crippen LogP contribution in [0.3, 0.4) is 0 Å². The smallest absolute Gasteiger partial charge is 0.360 e. The molecule has 0 radical (unpaired) electrons. The summed E-state index contributed by atoms with van der Waals surface area (Å²) < 4.78 is 6.18. The molecular formula is C10H16N4O3. The maximum Gasteiger partial charge on any atom is 0.360 e. The Morgan fingerprint density at radius 3 is 2.59 bits per heavy atom. The van der Waals surface area contributed by atoms with Crippen LogP contribution in [-0.4, -0.2) is 28.5 Å². The topological polar surface area (TPSA) is 113 Å². The molecule has 0 spiro atoms. The third kappa shape index (κ3) is 2.74. The molecule has 0 aliphatic carbocycles. The minimum absolute atomic E-state index is 0.0776. The predicted molar refractivity (Wildman–Crippen MR) is 61.2 cm³/mol. The molecule has 1 heterocycles. The highest BCUT2D eigenvalue weighted by Crippen LogP contribution is 2.16. The van der Waals surface area contributed by atoms with Crippen molar-refractivity contribution >= 4 is 17.7 Å². The third-order valence-electron chi connectivity index (χ3n) is 2.36. The van der Waals surface area contributed by atoms with E-state index in [0.717, 1.165) is 0 Å². The second kappa shape index (κ2) is 5.33. The molecule has 0 bridgehead atoms. The number of imidazole rings is 1. The molecule has 0 saturated carbocycles. The Morgan fingerprint density at radius 2 is 2.12 bits per heavy atom. The maximum absolute atomic E-state index is 11.4. The summed E-state index contributed by atoms with van der Waals surface area (Å²) in [6.07, 6.45) is 0.744. The van der Waals surface area contributed by atoms with Crippen LogP contribution in [0.5, 0.6) is 0 Å². The zero-order valence-corrected chi connectivity index (χ0v) is 9.90. The Balaban J connectivity index is 3.06. The molecule has 17 heavy (non-hydrogen) atoms. The summed E-state index contributed by atoms with van der Waals surface area (Å²) in [4.78, 5) is 26.2. The fourth-order valence-corrected chi connectivity index (χ4v) is 1.50. The number of ether oxygens (including phenoxy) is 1. The van der Waals surface area contributed by atoms with E-state index in [1.165, 1.54) is 7.11 Å². The van der Waals surface area contributed by atoms with Crippen molar-refractivity contribution in [2.24, 2.45) is 5.73 Å². The van der Waals surface area contributed by atoms with Crippen molar-refractivity contribution in [1.29, 1.82) is 0 Å². The number of carbonyl (C=O) groups is 2. The van der Waals surface area contributed by atoms with E-state index in [9.17, 15) is 9.59 Å². The second-order valence-electron chi connectivity index (χ2n) is 3.47. The number of nitrogen functional groups attached to an aromatic ring is 1. The van der Waals surface area contributed by atoms with Crippen LogP contribution in [0.2, 0.25) is 0 Å². The molecule has 1 aromatic rings. The lowest BCUT2D eigenvalue weighted by molar-refractivity contribution is -0.118. The fourth-order valence-electron chi connectivity index (χ4n) is 1.50. The van der Waals surface area contributed by atoms with E-state index in [0.29, 0.717) is 18.8 Å². The van der Waals surface area contributed by atoms with Crippen LogP contribution in [0.1, 0.15) is 29.7 Å². The fraction of sp³-hybridized carbons (Fsp3) is 0.500. The number of carbonyl (C=O) groups excluding carboxylic acids is 2. The predicted octanol–water partition coefficient (Wildman–Crippen LogP) is -0.310. The summed E-state index contributed by atoms with van der Waals surface area (Å²) >= 11 is 0. The van der Waals surface area contributed by atoms with E-state index < -0.39 is 11.9 Å². The molecular weight excluding hydrogens is 224 g/mol. The summed E-state index contributed by atoms with van der Waals surface area (Å²) in [6, 6.07) is 0. The van der Waals surface area contributed by atoms with Gasteiger partial charge in [0.1, 0.15) is 11.6 Å². The van der Waals surface area contributed by atoms with Crippen LogP contribution in [-0.2, 0) is 22.5 Å². The number of nitrogens with two attached hydrogens (primary N) is 2. The summed E-state index contributed by atoms with van der Waals surface area (Å²) in [5.41, 5.74) is 10.9. The van der Waals surface area contributed by atoms with Crippen molar-refractivity contribution in [3.05, 3.63) is 11.5 Å². The zero-order chi connectivity index (χ0) is 13.0. The molecule has 4 N–H and O–H groups in total. The number of primary amides is 1. The lowest BCUT2D eigenvalue weighted by atomic mass is 10.3. The van der Waals surface area contributed by atoms with Crippen molar-refractivity contribution in [2.75, 3.05) is 12.8 Å². The minimum Gasteiger partial charge on any atom is -0.464 e. The lowest BCUT2D eigenvalue weighted by Crippen LogP contribution is -2.16. The number of amides is 1. The number of anilines is 1. The minimum atomic E-state index is -0.588. The average molecular weight is 240 g/mol. The van der Waals surface area contributed by atoms with Gasteiger partial charge in [0.05, 0.1) is 7.11 Å². The molecule has 0 atom stereocenters. The zero-order valence-electron chi connectivity index (χ0n) is 9.90. The van der Waals surface area contributed by atoms with Gasteiger partial charge in [-0.1, -0.05) is 6.92 Å². The van der Waals surface area contributed by atoms with Gasteiger partial charge in [-0.15, -0.1) is 0 Å². The monoisotopic (exact) mass is 240 g/mol. The number of nitrogens with zero attached hydrogens (tertiary/aromatic N) is 2. The molecule has 1 aromatic heterocycles. The molecule has 0 aliphatic rings. The number of methoxy groups -OCH3 is 1. The van der Waals surface area contributed by atoms with Gasteiger partial charge in [0.25, 0.3) is 0 Å². The first-order chi connectivity index (χ1) is 8.01. The number of esters is 1. The Labute approximate surface area is 98.7 Å². The van der Waals surface area contributed by atoms with Crippen LogP contribution >= 0.6 is 0 Å². The quantitative estimate of drug-likeness (QED) is 0.685. The van der Waals surface area contributed by atoms with Gasteiger partial charge < -0.3 is 20.8 Å². The Morgan fingerprint density at radius 1 is 1.47 bits per heavy atom. The van der Waals surface area contributed by atoms with Crippen LogP contribution in [0.4, 0.5) is 5.82 Å². The van der Waals surface area contributed by atoms with Gasteiger partial charge in [0, 0.05) is 19.4 Å². The number of rotatable bonds is 5. The summed E-state index contributed by atoms with van der Waals surface area (Å²) in [6.45, 7) is 2.19. The Hall–Kier alpha value is -2.05. The van der Waals surface area contributed by atoms with E-state index in [1.54, 1.807) is 4.57 Å². The molecule has 7 heteroatoms. The molecule has 0 aromatic carbocycles. The molecule has 0 saturated heterocycles. The molecule has 1 rings (SSSR count). The first-order valence-corrected chi connectivity index (χ1v) is 5.22. The van der Waals surface area contributed by atoms with Gasteiger partial charge >= 0.3 is 5.97 Å². The standard InChI is InChI=1S/C10H16N4O3/c1-3-7-13-8(10(16)17-2)9(12)14(7)5-4-6(11)15/h3-5,12H2,1-2H3,(H2,11,15). The summed E-state index contributed by atoms with van der Waals surface area (Å²) in [7, 11) is 1.26. The van der Waals surface area contributed by atoms with Gasteiger partial charge in [-0.2, -0.15) is 0 Å². The van der Waals surface area contributed by atoms with Crippen molar-refractivity contribution < 1.29 is 14.3 Å². The number of aromatic nitrogens is 2. The average Bonchev–Trinajstić information content (AvgIpc) is 2.62. The molecule has 7 nitrogen and oxygen atoms in total. The molecule has 0 fully saturated rings. The Kier molecular flexibility index (Phi) is 4.08. The van der Waals surface area contributed by atoms with Crippen LogP contribution < -0.4 is 11.5 Å². The van der Waals surface area contributed by atoms with Crippen molar-refractivity contribution in [3.63, 3.8) is 0 Å². The molecule has 94 valence electrons. The molecule has 0 aliphatic heterocycles. The van der Waals surface area contributed by atoms with E-state index in [-0.39, 0.29) is 17.9 Å². The number of hydrogen-bond donors (Lipinski definition) is 2. The van der Waals surface area contributed by atoms with Gasteiger partial charge in [0.15, 0.2) is 5.69 Å². The van der Waals surface area contributed by atoms with Crippen molar-refractivity contribution in [3.8, 4) is 0 Å². The van der Waals surface area contributed by atoms with Gasteiger partial charge in [-0.25, -0.2) is 9.78 Å². The van der Waals surface area contributed by atoms with E-state index in [4.69, 9.17) is 11.5 Å². The number of hydrogen-bond acceptors (Lipinski definition) is 5. The van der Waals surface area contributed by atoms with Crippen LogP contribution in [0.15, 0.2) is 0 Å². The maximum atomic E-state index is 11.4. The van der Waals surface area contributed by atoms with E-state index >= 15 is 0 Å². The first-order valence-electron chi connectivity index (χ1n) is 5.22. The molecule has 0 unspecified atom stereocenters. The lowest BCUT2D eigenvalue weighted by Gasteiger charge is -2.06. The van der Waals surface area contributed by atoms with E-state index in [1.807, 2.05) is 6.92 Å². The number of aryl methyl sites for hydroxylation is 1. The summed E-state index contributed by atoms with van der Waals surface area (Å²) in [5, 5.41) is 0. The molecule has 1 amide bonds. The van der Waals surface area contributed by atoms with Crippen LogP contribution in [0.25, 0.3) is 0 Å². The summed E-state index contributed by atoms with van der Waals surface area (Å²) in [5.74, 6) is -0.186. The highest BCUT2D eigenvalue weighted by Gasteiger charge is 2.20. The SMILES string of the molecule is CCc1nc(C(=O)OC)c(N)n1CCC(N)=O. The third-order valence-corrected chi connectivity index (χ3v) is 2.36. The largest absolute Gasteiger partial charge is 0.464 e. The first kappa shape index (κ1) is 13.0. The van der Waals surface area contributed by atoms with Gasteiger partial charge in [-0.3, -0.25) is 4.79 Å². The second-order valence-corrected chi connectivity index (χ2v) is 3.47. The van der Waals surface area contributed by atoms with Gasteiger partial charge in [-0.05, 0) is 0 Å². The van der Waals surface area contributed by atoms with E-state index in [2.05, 4.69) is 9.72 Å². The van der Waals surface area contributed by atoms with Crippen molar-refractivity contribution in [1.82, 2.24) is 9.55 Å². The van der Waals surface area contributed by atoms with Crippen LogP contribution in [0, 0.1) is 0 Å². The van der Waals surface area contributed by atoms with Gasteiger partial charge in [0.2, 0.25) is 5.91 Å². The Bertz CT molecular complexity index is 439. The normalized spacial score (nSPS) is 10.2.